The van der Waals surface area contributed by atoms with Gasteiger partial charge in [-0.15, -0.1) is 0 Å². The highest BCUT2D eigenvalue weighted by Crippen LogP contribution is 2.26. The smallest absolute Gasteiger partial charge is 0.405 e. The number of nitrogens with one attached hydrogen (secondary N) is 1. The number of alkyl halides is 3. The Bertz CT molecular complexity index is 762. The molecule has 0 bridgehead atoms. The number of carboxylic acids is 1. The summed E-state index contributed by atoms with van der Waals surface area (Å²) in [5, 5.41) is 10.8. The second-order valence-corrected chi connectivity index (χ2v) is 7.32. The van der Waals surface area contributed by atoms with E-state index >= 15 is 0 Å². The van der Waals surface area contributed by atoms with Crippen LogP contribution in [-0.4, -0.2) is 55.0 Å². The predicted molar refractivity (Wildman–Crippen MR) is 79.4 cm³/mol. The summed E-state index contributed by atoms with van der Waals surface area (Å²) in [6.45, 7) is -1.44. The van der Waals surface area contributed by atoms with Crippen LogP contribution in [0.5, 0.6) is 0 Å². The molecule has 1 aliphatic heterocycles. The quantitative estimate of drug-likeness (QED) is 0.799. The van der Waals surface area contributed by atoms with Crippen LogP contribution in [0.4, 0.5) is 13.2 Å². The normalized spacial score (nSPS) is 18.9. The van der Waals surface area contributed by atoms with Gasteiger partial charge in [0.05, 0.1) is 4.90 Å². The number of carboxylic acid groups (broad SMARTS) is 1. The Labute approximate surface area is 141 Å². The van der Waals surface area contributed by atoms with Gasteiger partial charge in [0, 0.05) is 12.1 Å². The lowest BCUT2D eigenvalue weighted by molar-refractivity contribution is -0.140. The lowest BCUT2D eigenvalue weighted by atomic mass is 10.2. The average molecular weight is 380 g/mol. The molecule has 7 nitrogen and oxygen atoms in total. The van der Waals surface area contributed by atoms with Crippen LogP contribution in [0.2, 0.25) is 0 Å². The van der Waals surface area contributed by atoms with E-state index in [1.807, 2.05) is 0 Å². The van der Waals surface area contributed by atoms with Gasteiger partial charge in [-0.3, -0.25) is 9.59 Å². The van der Waals surface area contributed by atoms with Crippen molar-refractivity contribution < 1.29 is 36.3 Å². The first kappa shape index (κ1) is 19.2. The summed E-state index contributed by atoms with van der Waals surface area (Å²) in [5.41, 5.74) is -0.139. The predicted octanol–water partition coefficient (Wildman–Crippen LogP) is 1.22. The Morgan fingerprint density at radius 1 is 1.24 bits per heavy atom. The topological polar surface area (TPSA) is 104 Å². The van der Waals surface area contributed by atoms with E-state index < -0.39 is 40.7 Å². The second-order valence-electron chi connectivity index (χ2n) is 5.43. The third-order valence-electron chi connectivity index (χ3n) is 3.66. The largest absolute Gasteiger partial charge is 0.480 e. The summed E-state index contributed by atoms with van der Waals surface area (Å²) in [6.07, 6.45) is -3.94. The zero-order valence-electron chi connectivity index (χ0n) is 12.8. The maximum atomic E-state index is 12.5. The molecule has 1 heterocycles. The number of carbonyl (C=O) groups excluding carboxylic acids is 1. The monoisotopic (exact) mass is 380 g/mol. The van der Waals surface area contributed by atoms with E-state index in [4.69, 9.17) is 5.11 Å². The van der Waals surface area contributed by atoms with Crippen molar-refractivity contribution >= 4 is 21.9 Å². The Kier molecular flexibility index (Phi) is 5.37. The lowest BCUT2D eigenvalue weighted by Gasteiger charge is -2.21. The van der Waals surface area contributed by atoms with Crippen molar-refractivity contribution in [2.24, 2.45) is 0 Å². The van der Waals surface area contributed by atoms with Gasteiger partial charge in [-0.2, -0.15) is 17.5 Å². The van der Waals surface area contributed by atoms with Gasteiger partial charge in [-0.1, -0.05) is 0 Å². The van der Waals surface area contributed by atoms with Crippen LogP contribution in [0.15, 0.2) is 29.2 Å². The summed E-state index contributed by atoms with van der Waals surface area (Å²) in [6, 6.07) is 3.12. The van der Waals surface area contributed by atoms with Crippen molar-refractivity contribution in [2.45, 2.75) is 30.0 Å². The SMILES string of the molecule is O=C(NCC(F)(F)F)c1ccc(S(=O)(=O)N2CCC[C@H]2C(=O)O)cc1. The fraction of sp³-hybridized carbons (Fsp3) is 0.429. The maximum absolute atomic E-state index is 12.5. The Morgan fingerprint density at radius 3 is 2.36 bits per heavy atom. The molecule has 1 fully saturated rings. The zero-order valence-corrected chi connectivity index (χ0v) is 13.6. The number of hydrogen-bond acceptors (Lipinski definition) is 4. The Balaban J connectivity index is 2.16. The molecule has 2 rings (SSSR count). The number of halogens is 3. The third-order valence-corrected chi connectivity index (χ3v) is 5.58. The Hall–Kier alpha value is -2.14. The molecule has 0 unspecified atom stereocenters. The molecule has 2 N–H and O–H groups in total. The van der Waals surface area contributed by atoms with Gasteiger partial charge in [0.1, 0.15) is 12.6 Å². The molecule has 25 heavy (non-hydrogen) atoms. The minimum Gasteiger partial charge on any atom is -0.480 e. The highest BCUT2D eigenvalue weighted by Gasteiger charge is 2.39. The molecule has 11 heteroatoms. The van der Waals surface area contributed by atoms with Gasteiger partial charge in [-0.25, -0.2) is 8.42 Å². The molecule has 1 saturated heterocycles. The summed E-state index contributed by atoms with van der Waals surface area (Å²) < 4.78 is 62.1. The van der Waals surface area contributed by atoms with E-state index in [2.05, 4.69) is 0 Å². The van der Waals surface area contributed by atoms with Crippen LogP contribution < -0.4 is 5.32 Å². The van der Waals surface area contributed by atoms with Crippen LogP contribution in [0.25, 0.3) is 0 Å². The van der Waals surface area contributed by atoms with Gasteiger partial charge in [0.2, 0.25) is 10.0 Å². The summed E-state index contributed by atoms with van der Waals surface area (Å²) in [7, 11) is -4.07. The molecular weight excluding hydrogens is 365 g/mol. The van der Waals surface area contributed by atoms with Crippen LogP contribution >= 0.6 is 0 Å². The van der Waals surface area contributed by atoms with E-state index in [9.17, 15) is 31.2 Å². The molecule has 1 aromatic carbocycles. The molecular formula is C14H15F3N2O5S. The number of carbonyl (C=O) groups is 2. The number of rotatable bonds is 5. The van der Waals surface area contributed by atoms with Gasteiger partial charge >= 0.3 is 12.1 Å². The molecule has 0 spiro atoms. The molecule has 1 atom stereocenters. The first-order valence-corrected chi connectivity index (χ1v) is 8.66. The van der Waals surface area contributed by atoms with E-state index in [1.54, 1.807) is 5.32 Å². The molecule has 0 aromatic heterocycles. The third kappa shape index (κ3) is 4.48. The summed E-state index contributed by atoms with van der Waals surface area (Å²) in [4.78, 5) is 22.5. The van der Waals surface area contributed by atoms with Crippen LogP contribution in [0.3, 0.4) is 0 Å². The van der Waals surface area contributed by atoms with Gasteiger partial charge < -0.3 is 10.4 Å². The van der Waals surface area contributed by atoms with Gasteiger partial charge in [0.15, 0.2) is 0 Å². The molecule has 138 valence electrons. The summed E-state index contributed by atoms with van der Waals surface area (Å²) in [5.74, 6) is -2.24. The highest BCUT2D eigenvalue weighted by atomic mass is 32.2. The molecule has 0 aliphatic carbocycles. The van der Waals surface area contributed by atoms with Gasteiger partial charge in [-0.05, 0) is 37.1 Å². The van der Waals surface area contributed by atoms with Crippen molar-refractivity contribution in [1.29, 1.82) is 0 Å². The number of amides is 1. The first-order valence-electron chi connectivity index (χ1n) is 7.22. The first-order chi connectivity index (χ1) is 11.5. The highest BCUT2D eigenvalue weighted by molar-refractivity contribution is 7.89. The minimum absolute atomic E-state index is 0.0626. The number of nitrogens with zero attached hydrogens (tertiary/aromatic N) is 1. The lowest BCUT2D eigenvalue weighted by Crippen LogP contribution is -2.40. The number of benzene rings is 1. The van der Waals surface area contributed by atoms with E-state index in [-0.39, 0.29) is 23.4 Å². The van der Waals surface area contributed by atoms with Crippen molar-refractivity contribution in [3.8, 4) is 0 Å². The van der Waals surface area contributed by atoms with E-state index in [0.717, 1.165) is 28.6 Å². The molecule has 1 aromatic rings. The molecule has 0 saturated carbocycles. The van der Waals surface area contributed by atoms with Crippen LogP contribution in [0, 0.1) is 0 Å². The van der Waals surface area contributed by atoms with Crippen LogP contribution in [-0.2, 0) is 14.8 Å². The minimum atomic E-state index is -4.56. The number of sulfonamides is 1. The maximum Gasteiger partial charge on any atom is 0.405 e. The average Bonchev–Trinajstić information content (AvgIpc) is 3.02. The van der Waals surface area contributed by atoms with E-state index in [1.165, 1.54) is 0 Å². The second kappa shape index (κ2) is 7.00. The molecule has 1 amide bonds. The van der Waals surface area contributed by atoms with Crippen LogP contribution in [0.1, 0.15) is 23.2 Å². The standard InChI is InChI=1S/C14H15F3N2O5S/c15-14(16,17)8-18-12(20)9-3-5-10(6-4-9)25(23,24)19-7-1-2-11(19)13(21)22/h3-6,11H,1-2,7-8H2,(H,18,20)(H,21,22)/t11-/m0/s1. The van der Waals surface area contributed by atoms with E-state index in [0.29, 0.717) is 6.42 Å². The fourth-order valence-electron chi connectivity index (χ4n) is 2.47. The van der Waals surface area contributed by atoms with Crippen molar-refractivity contribution in [2.75, 3.05) is 13.1 Å². The summed E-state index contributed by atoms with van der Waals surface area (Å²) >= 11 is 0. The fourth-order valence-corrected chi connectivity index (χ4v) is 4.12. The number of hydrogen-bond donors (Lipinski definition) is 2. The van der Waals surface area contributed by atoms with Gasteiger partial charge in [0.25, 0.3) is 5.91 Å². The zero-order chi connectivity index (χ0) is 18.8. The Morgan fingerprint density at radius 2 is 1.84 bits per heavy atom. The van der Waals surface area contributed by atoms with Crippen molar-refractivity contribution in [3.63, 3.8) is 0 Å². The van der Waals surface area contributed by atoms with Crippen molar-refractivity contribution in [3.05, 3.63) is 29.8 Å². The van der Waals surface area contributed by atoms with Crippen molar-refractivity contribution in [1.82, 2.24) is 9.62 Å². The number of aliphatic carboxylic acids is 1. The molecule has 0 radical (unpaired) electrons. The molecule has 1 aliphatic rings.